The molecule has 38 heavy (non-hydrogen) atoms. The molecular weight excluding hydrogens is 486 g/mol. The van der Waals surface area contributed by atoms with E-state index in [4.69, 9.17) is 0 Å². The van der Waals surface area contributed by atoms with Crippen LogP contribution in [0.5, 0.6) is 0 Å². The van der Waals surface area contributed by atoms with Crippen molar-refractivity contribution in [1.29, 1.82) is 0 Å². The summed E-state index contributed by atoms with van der Waals surface area (Å²) < 4.78 is 0. The second-order valence-electron chi connectivity index (χ2n) is 13.1. The minimum absolute atomic E-state index is 0.0357. The third-order valence-corrected chi connectivity index (χ3v) is 7.76. The molecule has 1 unspecified atom stereocenters. The molecule has 1 aliphatic carbocycles. The summed E-state index contributed by atoms with van der Waals surface area (Å²) in [4.78, 5) is 65.0. The van der Waals surface area contributed by atoms with E-state index in [1.165, 1.54) is 4.90 Å². The summed E-state index contributed by atoms with van der Waals surface area (Å²) in [6.45, 7) is 13.8. The van der Waals surface area contributed by atoms with Crippen LogP contribution >= 0.6 is 0 Å². The Morgan fingerprint density at radius 1 is 0.895 bits per heavy atom. The van der Waals surface area contributed by atoms with E-state index >= 15 is 0 Å². The minimum Gasteiger partial charge on any atom is -0.480 e. The van der Waals surface area contributed by atoms with Gasteiger partial charge in [-0.15, -0.1) is 0 Å². The van der Waals surface area contributed by atoms with Gasteiger partial charge >= 0.3 is 5.97 Å². The normalized spacial score (nSPS) is 22.8. The van der Waals surface area contributed by atoms with Gasteiger partial charge in [-0.25, -0.2) is 4.79 Å². The molecule has 1 heterocycles. The molecule has 3 N–H and O–H groups in total. The topological polar surface area (TPSA) is 133 Å². The van der Waals surface area contributed by atoms with Crippen molar-refractivity contribution in [3.05, 3.63) is 0 Å². The number of hydrogen-bond donors (Lipinski definition) is 3. The van der Waals surface area contributed by atoms with Gasteiger partial charge in [-0.3, -0.25) is 19.2 Å². The van der Waals surface area contributed by atoms with Crippen molar-refractivity contribution < 1.29 is 29.1 Å². The van der Waals surface area contributed by atoms with Crippen molar-refractivity contribution in [3.8, 4) is 0 Å². The number of rotatable bonds is 13. The first kappa shape index (κ1) is 31.8. The zero-order valence-corrected chi connectivity index (χ0v) is 24.3. The van der Waals surface area contributed by atoms with E-state index < -0.39 is 30.0 Å². The number of carboxylic acids is 1. The number of nitrogens with one attached hydrogen (secondary N) is 2. The fraction of sp³-hybridized carbons (Fsp3) is 0.828. The van der Waals surface area contributed by atoms with Crippen molar-refractivity contribution >= 4 is 29.5 Å². The number of hydrogen-bond acceptors (Lipinski definition) is 5. The van der Waals surface area contributed by atoms with Gasteiger partial charge in [0.05, 0.1) is 0 Å². The molecule has 216 valence electrons. The van der Waals surface area contributed by atoms with Crippen LogP contribution in [0.4, 0.5) is 0 Å². The van der Waals surface area contributed by atoms with E-state index in [0.717, 1.165) is 19.3 Å². The molecule has 0 aromatic rings. The van der Waals surface area contributed by atoms with Gasteiger partial charge in [0.2, 0.25) is 17.7 Å². The van der Waals surface area contributed by atoms with Crippen LogP contribution in [-0.2, 0) is 24.0 Å². The second-order valence-corrected chi connectivity index (χ2v) is 13.1. The second kappa shape index (κ2) is 13.6. The van der Waals surface area contributed by atoms with Crippen LogP contribution in [0.2, 0.25) is 0 Å². The first-order valence-corrected chi connectivity index (χ1v) is 14.3. The van der Waals surface area contributed by atoms with Crippen LogP contribution in [-0.4, -0.2) is 64.2 Å². The molecule has 0 bridgehead atoms. The van der Waals surface area contributed by atoms with Gasteiger partial charge in [-0.05, 0) is 54.8 Å². The lowest BCUT2D eigenvalue weighted by Gasteiger charge is -2.32. The average molecular weight is 536 g/mol. The molecule has 9 nitrogen and oxygen atoms in total. The predicted octanol–water partition coefficient (Wildman–Crippen LogP) is 3.55. The van der Waals surface area contributed by atoms with Crippen molar-refractivity contribution in [3.63, 3.8) is 0 Å². The number of unbranched alkanes of at least 4 members (excludes halogenated alkanes) is 1. The van der Waals surface area contributed by atoms with Crippen LogP contribution < -0.4 is 10.6 Å². The third-order valence-electron chi connectivity index (χ3n) is 7.76. The Bertz CT molecular complexity index is 878. The zero-order valence-electron chi connectivity index (χ0n) is 24.3. The summed E-state index contributed by atoms with van der Waals surface area (Å²) in [5.74, 6) is -2.21. The van der Waals surface area contributed by atoms with Gasteiger partial charge < -0.3 is 20.6 Å². The number of likely N-dealkylation sites (tertiary alicyclic amines) is 1. The molecule has 0 aromatic carbocycles. The number of fused-ring (bicyclic) bond motifs is 1. The Balaban J connectivity index is 1.96. The number of aliphatic carboxylic acids is 1. The molecule has 3 amide bonds. The zero-order chi connectivity index (χ0) is 28.8. The van der Waals surface area contributed by atoms with E-state index in [-0.39, 0.29) is 53.1 Å². The highest BCUT2D eigenvalue weighted by molar-refractivity contribution is 5.94. The van der Waals surface area contributed by atoms with Crippen molar-refractivity contribution in [2.75, 3.05) is 6.54 Å². The summed E-state index contributed by atoms with van der Waals surface area (Å²) in [7, 11) is 0. The Morgan fingerprint density at radius 2 is 1.50 bits per heavy atom. The fourth-order valence-electron chi connectivity index (χ4n) is 5.85. The Kier molecular flexibility index (Phi) is 11.3. The molecule has 5 atom stereocenters. The number of Topliss-reactive ketones (excluding diaryl/α,β-unsaturated/α-hetero) is 1. The molecule has 2 rings (SSSR count). The molecule has 9 heteroatoms. The maximum Gasteiger partial charge on any atom is 0.326 e. The van der Waals surface area contributed by atoms with Crippen LogP contribution in [0.25, 0.3) is 0 Å². The number of ketones is 1. The van der Waals surface area contributed by atoms with Crippen molar-refractivity contribution in [1.82, 2.24) is 15.5 Å². The summed E-state index contributed by atoms with van der Waals surface area (Å²) in [6, 6.07) is -2.56. The van der Waals surface area contributed by atoms with Gasteiger partial charge in [0, 0.05) is 25.8 Å². The maximum atomic E-state index is 13.5. The quantitative estimate of drug-likeness (QED) is 0.309. The molecule has 1 saturated carbocycles. The van der Waals surface area contributed by atoms with Crippen LogP contribution in [0.15, 0.2) is 0 Å². The van der Waals surface area contributed by atoms with Crippen molar-refractivity contribution in [2.45, 2.75) is 118 Å². The first-order chi connectivity index (χ1) is 17.6. The third kappa shape index (κ3) is 8.80. The van der Waals surface area contributed by atoms with E-state index in [9.17, 15) is 29.1 Å². The number of nitrogens with zero attached hydrogens (tertiary/aromatic N) is 1. The monoisotopic (exact) mass is 535 g/mol. The van der Waals surface area contributed by atoms with E-state index in [2.05, 4.69) is 10.6 Å². The first-order valence-electron chi connectivity index (χ1n) is 14.3. The minimum atomic E-state index is -0.992. The van der Waals surface area contributed by atoms with Gasteiger partial charge in [-0.1, -0.05) is 54.9 Å². The SMILES string of the molecule is CC(C)C(NC(=O)[C@@H](NC(=O)CCCCC(=O)CC(C)(C)C)C(C)C)C(=O)N1C[C@@H]2CCC[C@@H]2[C@H]1C(=O)O. The average Bonchev–Trinajstić information content (AvgIpc) is 3.37. The highest BCUT2D eigenvalue weighted by Gasteiger charge is 2.51. The lowest BCUT2D eigenvalue weighted by Crippen LogP contribution is -2.58. The maximum absolute atomic E-state index is 13.5. The van der Waals surface area contributed by atoms with E-state index in [1.54, 1.807) is 0 Å². The molecule has 0 radical (unpaired) electrons. The Labute approximate surface area is 227 Å². The number of carboxylic acid groups (broad SMARTS) is 1. The highest BCUT2D eigenvalue weighted by atomic mass is 16.4. The van der Waals surface area contributed by atoms with Gasteiger partial charge in [-0.2, -0.15) is 0 Å². The smallest absolute Gasteiger partial charge is 0.326 e. The van der Waals surface area contributed by atoms with Gasteiger partial charge in [0.25, 0.3) is 0 Å². The summed E-state index contributed by atoms with van der Waals surface area (Å²) in [5.41, 5.74) is -0.0518. The highest BCUT2D eigenvalue weighted by Crippen LogP contribution is 2.42. The number of amides is 3. The molecule has 1 aliphatic heterocycles. The fourth-order valence-corrected chi connectivity index (χ4v) is 5.85. The Morgan fingerprint density at radius 3 is 2.05 bits per heavy atom. The van der Waals surface area contributed by atoms with Crippen LogP contribution in [0, 0.1) is 29.1 Å². The predicted molar refractivity (Wildman–Crippen MR) is 145 cm³/mol. The standard InChI is InChI=1S/C29H49N3O6/c1-17(2)23(30-22(34)14-9-8-12-20(33)15-29(5,6)7)26(35)31-24(18(3)4)27(36)32-16-19-11-10-13-21(19)25(32)28(37)38/h17-19,21,23-25H,8-16H2,1-7H3,(H,30,34)(H,31,35)(H,37,38)/t19-,21-,23-,24?,25-/m0/s1. The molecule has 0 aromatic heterocycles. The molecule has 1 saturated heterocycles. The van der Waals surface area contributed by atoms with E-state index in [1.807, 2.05) is 48.5 Å². The van der Waals surface area contributed by atoms with Crippen molar-refractivity contribution in [2.24, 2.45) is 29.1 Å². The molecule has 2 fully saturated rings. The largest absolute Gasteiger partial charge is 0.480 e. The summed E-state index contributed by atoms with van der Waals surface area (Å²) >= 11 is 0. The number of carbonyl (C=O) groups is 5. The molecule has 0 spiro atoms. The van der Waals surface area contributed by atoms with Crippen LogP contribution in [0.3, 0.4) is 0 Å². The van der Waals surface area contributed by atoms with Gasteiger partial charge in [0.1, 0.15) is 23.9 Å². The van der Waals surface area contributed by atoms with E-state index in [0.29, 0.717) is 32.2 Å². The van der Waals surface area contributed by atoms with Crippen LogP contribution in [0.1, 0.15) is 99.8 Å². The summed E-state index contributed by atoms with van der Waals surface area (Å²) in [6.07, 6.45) is 5.03. The number of carbonyl (C=O) groups excluding carboxylic acids is 4. The Hall–Kier alpha value is -2.45. The molecule has 2 aliphatic rings. The lowest BCUT2D eigenvalue weighted by molar-refractivity contribution is -0.151. The molecular formula is C29H49N3O6. The summed E-state index contributed by atoms with van der Waals surface area (Å²) in [5, 5.41) is 15.5. The van der Waals surface area contributed by atoms with Gasteiger partial charge in [0.15, 0.2) is 0 Å². The lowest BCUT2D eigenvalue weighted by atomic mass is 9.88.